The molecule has 0 bridgehead atoms. The van der Waals surface area contributed by atoms with Crippen molar-refractivity contribution < 1.29 is 14.7 Å². The summed E-state index contributed by atoms with van der Waals surface area (Å²) in [6.07, 6.45) is 3.27. The van der Waals surface area contributed by atoms with Crippen LogP contribution < -0.4 is 0 Å². The van der Waals surface area contributed by atoms with Crippen LogP contribution in [0.15, 0.2) is 29.2 Å². The van der Waals surface area contributed by atoms with Gasteiger partial charge >= 0.3 is 5.97 Å². The zero-order valence-corrected chi connectivity index (χ0v) is 11.9. The van der Waals surface area contributed by atoms with E-state index >= 15 is 0 Å². The smallest absolute Gasteiger partial charge is 0.307 e. The van der Waals surface area contributed by atoms with Gasteiger partial charge in [0.2, 0.25) is 0 Å². The number of Topliss-reactive ketones (excluding diaryl/α,β-unsaturated/α-hetero) is 1. The molecule has 0 aromatic heterocycles. The molecule has 1 fully saturated rings. The van der Waals surface area contributed by atoms with Crippen LogP contribution in [0.4, 0.5) is 0 Å². The first-order chi connectivity index (χ1) is 9.02. The van der Waals surface area contributed by atoms with Crippen LogP contribution in [0.25, 0.3) is 0 Å². The third-order valence-corrected chi connectivity index (χ3v) is 4.57. The van der Waals surface area contributed by atoms with Crippen LogP contribution in [0, 0.1) is 17.8 Å². The predicted molar refractivity (Wildman–Crippen MR) is 75.6 cm³/mol. The van der Waals surface area contributed by atoms with Crippen LogP contribution in [0.2, 0.25) is 0 Å². The molecule has 1 N–H and O–H groups in total. The molecule has 0 saturated heterocycles. The molecule has 1 aromatic rings. The lowest BCUT2D eigenvalue weighted by atomic mass is 9.88. The Kier molecular flexibility index (Phi) is 4.30. The number of carboxylic acid groups (broad SMARTS) is 1. The average Bonchev–Trinajstić information content (AvgIpc) is 2.80. The van der Waals surface area contributed by atoms with Gasteiger partial charge in [-0.3, -0.25) is 9.59 Å². The van der Waals surface area contributed by atoms with Crippen LogP contribution in [-0.4, -0.2) is 23.1 Å². The highest BCUT2D eigenvalue weighted by atomic mass is 32.2. The van der Waals surface area contributed by atoms with Gasteiger partial charge in [0, 0.05) is 16.4 Å². The summed E-state index contributed by atoms with van der Waals surface area (Å²) in [4.78, 5) is 24.8. The number of thioether (sulfide) groups is 1. The van der Waals surface area contributed by atoms with Crippen LogP contribution in [0.3, 0.4) is 0 Å². The van der Waals surface area contributed by atoms with Crippen molar-refractivity contribution in [2.45, 2.75) is 24.7 Å². The maximum Gasteiger partial charge on any atom is 0.307 e. The Hall–Kier alpha value is -1.29. The molecule has 2 rings (SSSR count). The van der Waals surface area contributed by atoms with E-state index in [2.05, 4.69) is 0 Å². The van der Waals surface area contributed by atoms with Gasteiger partial charge < -0.3 is 5.11 Å². The van der Waals surface area contributed by atoms with Crippen LogP contribution in [-0.2, 0) is 4.79 Å². The van der Waals surface area contributed by atoms with Gasteiger partial charge in [-0.2, -0.15) is 0 Å². The molecule has 3 nitrogen and oxygen atoms in total. The third-order valence-electron chi connectivity index (χ3n) is 3.83. The van der Waals surface area contributed by atoms with Gasteiger partial charge in [-0.25, -0.2) is 0 Å². The summed E-state index contributed by atoms with van der Waals surface area (Å²) < 4.78 is 0. The molecular formula is C15H18O3S. The number of hydrogen-bond donors (Lipinski definition) is 1. The van der Waals surface area contributed by atoms with E-state index in [1.165, 1.54) is 0 Å². The highest BCUT2D eigenvalue weighted by molar-refractivity contribution is 7.98. The molecule has 19 heavy (non-hydrogen) atoms. The number of carbonyl (C=O) groups is 2. The highest BCUT2D eigenvalue weighted by Crippen LogP contribution is 2.38. The van der Waals surface area contributed by atoms with E-state index in [0.29, 0.717) is 24.3 Å². The molecule has 0 heterocycles. The van der Waals surface area contributed by atoms with Gasteiger partial charge in [0.15, 0.2) is 5.78 Å². The largest absolute Gasteiger partial charge is 0.481 e. The maximum atomic E-state index is 12.4. The SMILES string of the molecule is CSc1ccc(C(=O)C2CC(C)CC2C(=O)O)cc1. The molecule has 1 saturated carbocycles. The van der Waals surface area contributed by atoms with E-state index < -0.39 is 11.9 Å². The second kappa shape index (κ2) is 5.78. The molecule has 102 valence electrons. The molecule has 1 aliphatic rings. The first kappa shape index (κ1) is 14.1. The summed E-state index contributed by atoms with van der Waals surface area (Å²) in [5.41, 5.74) is 0.628. The van der Waals surface area contributed by atoms with Crippen LogP contribution in [0.5, 0.6) is 0 Å². The average molecular weight is 278 g/mol. The standard InChI is InChI=1S/C15H18O3S/c1-9-7-12(13(8-9)15(17)18)14(16)10-3-5-11(19-2)6-4-10/h3-6,9,12-13H,7-8H2,1-2H3,(H,17,18). The second-order valence-corrected chi connectivity index (χ2v) is 6.10. The molecule has 0 radical (unpaired) electrons. The number of ketones is 1. The lowest BCUT2D eigenvalue weighted by Gasteiger charge is -2.14. The van der Waals surface area contributed by atoms with Crippen molar-refractivity contribution >= 4 is 23.5 Å². The van der Waals surface area contributed by atoms with Crippen molar-refractivity contribution in [3.63, 3.8) is 0 Å². The number of carbonyl (C=O) groups excluding carboxylic acids is 1. The number of rotatable bonds is 4. The fourth-order valence-corrected chi connectivity index (χ4v) is 3.23. The van der Waals surface area contributed by atoms with E-state index in [9.17, 15) is 14.7 Å². The van der Waals surface area contributed by atoms with Gasteiger partial charge in [-0.15, -0.1) is 11.8 Å². The molecule has 0 aliphatic heterocycles. The quantitative estimate of drug-likeness (QED) is 0.678. The van der Waals surface area contributed by atoms with Crippen LogP contribution in [0.1, 0.15) is 30.1 Å². The summed E-state index contributed by atoms with van der Waals surface area (Å²) in [6, 6.07) is 7.42. The number of benzene rings is 1. The van der Waals surface area contributed by atoms with E-state index in [1.807, 2.05) is 25.3 Å². The van der Waals surface area contributed by atoms with E-state index in [-0.39, 0.29) is 11.7 Å². The van der Waals surface area contributed by atoms with Gasteiger partial charge in [-0.05, 0) is 37.1 Å². The Balaban J connectivity index is 2.20. The normalized spacial score (nSPS) is 26.3. The molecule has 0 spiro atoms. The monoisotopic (exact) mass is 278 g/mol. The van der Waals surface area contributed by atoms with Crippen molar-refractivity contribution in [1.29, 1.82) is 0 Å². The molecule has 1 aliphatic carbocycles. The molecule has 4 heteroatoms. The summed E-state index contributed by atoms with van der Waals surface area (Å²) in [7, 11) is 0. The topological polar surface area (TPSA) is 54.4 Å². The first-order valence-electron chi connectivity index (χ1n) is 6.44. The fraction of sp³-hybridized carbons (Fsp3) is 0.467. The zero-order chi connectivity index (χ0) is 14.0. The van der Waals surface area contributed by atoms with Gasteiger partial charge in [0.1, 0.15) is 0 Å². The summed E-state index contributed by atoms with van der Waals surface area (Å²) in [5, 5.41) is 9.22. The maximum absolute atomic E-state index is 12.4. The van der Waals surface area contributed by atoms with Crippen molar-refractivity contribution in [2.75, 3.05) is 6.26 Å². The number of carboxylic acids is 1. The molecule has 3 unspecified atom stereocenters. The van der Waals surface area contributed by atoms with E-state index in [4.69, 9.17) is 0 Å². The minimum atomic E-state index is -0.844. The van der Waals surface area contributed by atoms with Gasteiger partial charge in [-0.1, -0.05) is 19.1 Å². The van der Waals surface area contributed by atoms with Crippen molar-refractivity contribution in [3.8, 4) is 0 Å². The Morgan fingerprint density at radius 1 is 1.16 bits per heavy atom. The van der Waals surface area contributed by atoms with Gasteiger partial charge in [0.05, 0.1) is 5.92 Å². The Morgan fingerprint density at radius 2 is 1.74 bits per heavy atom. The lowest BCUT2D eigenvalue weighted by molar-refractivity contribution is -0.142. The van der Waals surface area contributed by atoms with Crippen LogP contribution >= 0.6 is 11.8 Å². The second-order valence-electron chi connectivity index (χ2n) is 5.22. The van der Waals surface area contributed by atoms with E-state index in [0.717, 1.165) is 4.90 Å². The summed E-state index contributed by atoms with van der Waals surface area (Å²) >= 11 is 1.62. The number of aliphatic carboxylic acids is 1. The molecule has 1 aromatic carbocycles. The van der Waals surface area contributed by atoms with Gasteiger partial charge in [0.25, 0.3) is 0 Å². The Bertz CT molecular complexity index is 481. The van der Waals surface area contributed by atoms with Crippen molar-refractivity contribution in [3.05, 3.63) is 29.8 Å². The number of hydrogen-bond acceptors (Lipinski definition) is 3. The minimum absolute atomic E-state index is 0.0237. The molecule has 0 amide bonds. The van der Waals surface area contributed by atoms with Crippen molar-refractivity contribution in [2.24, 2.45) is 17.8 Å². The molecular weight excluding hydrogens is 260 g/mol. The predicted octanol–water partition coefficient (Wildman–Crippen LogP) is 3.34. The zero-order valence-electron chi connectivity index (χ0n) is 11.1. The Labute approximate surface area is 117 Å². The lowest BCUT2D eigenvalue weighted by Crippen LogP contribution is -2.25. The molecule has 3 atom stereocenters. The third kappa shape index (κ3) is 3.00. The van der Waals surface area contributed by atoms with E-state index in [1.54, 1.807) is 23.9 Å². The fourth-order valence-electron chi connectivity index (χ4n) is 2.82. The Morgan fingerprint density at radius 3 is 2.26 bits per heavy atom. The van der Waals surface area contributed by atoms with Crippen molar-refractivity contribution in [1.82, 2.24) is 0 Å². The highest BCUT2D eigenvalue weighted by Gasteiger charge is 2.41. The summed E-state index contributed by atoms with van der Waals surface area (Å²) in [6.45, 7) is 2.01. The summed E-state index contributed by atoms with van der Waals surface area (Å²) in [5.74, 6) is -1.45. The minimum Gasteiger partial charge on any atom is -0.481 e. The first-order valence-corrected chi connectivity index (χ1v) is 7.66.